The summed E-state index contributed by atoms with van der Waals surface area (Å²) < 4.78 is 1.67. The maximum Gasteiger partial charge on any atom is 0.153 e. The van der Waals surface area contributed by atoms with Crippen molar-refractivity contribution in [1.29, 1.82) is 0 Å². The van der Waals surface area contributed by atoms with E-state index < -0.39 is 0 Å². The first-order chi connectivity index (χ1) is 7.70. The van der Waals surface area contributed by atoms with Crippen molar-refractivity contribution in [2.75, 3.05) is 6.54 Å². The Kier molecular flexibility index (Phi) is 3.22. The standard InChI is InChI=1S/C11H13ClN4/c1-8-10(12)7-16(15-8)11-3-2-9(4-5-13)6-14-11/h2-3,6-7H,4-5,13H2,1H3. The van der Waals surface area contributed by atoms with Gasteiger partial charge < -0.3 is 5.73 Å². The van der Waals surface area contributed by atoms with Gasteiger partial charge in [-0.15, -0.1) is 0 Å². The van der Waals surface area contributed by atoms with E-state index in [9.17, 15) is 0 Å². The molecule has 4 nitrogen and oxygen atoms in total. The molecular weight excluding hydrogens is 224 g/mol. The predicted molar refractivity (Wildman–Crippen MR) is 63.9 cm³/mol. The molecule has 0 aliphatic rings. The van der Waals surface area contributed by atoms with E-state index in [2.05, 4.69) is 10.1 Å². The van der Waals surface area contributed by atoms with Crippen LogP contribution in [0.1, 0.15) is 11.3 Å². The van der Waals surface area contributed by atoms with Crippen LogP contribution >= 0.6 is 11.6 Å². The zero-order valence-electron chi connectivity index (χ0n) is 9.02. The van der Waals surface area contributed by atoms with Gasteiger partial charge in [-0.25, -0.2) is 9.67 Å². The summed E-state index contributed by atoms with van der Waals surface area (Å²) in [5.41, 5.74) is 7.40. The predicted octanol–water partition coefficient (Wildman–Crippen LogP) is 1.73. The van der Waals surface area contributed by atoms with E-state index in [1.165, 1.54) is 0 Å². The number of pyridine rings is 1. The lowest BCUT2D eigenvalue weighted by atomic mass is 10.2. The Morgan fingerprint density at radius 3 is 2.75 bits per heavy atom. The molecule has 2 heterocycles. The van der Waals surface area contributed by atoms with Crippen molar-refractivity contribution in [2.45, 2.75) is 13.3 Å². The van der Waals surface area contributed by atoms with E-state index in [1.54, 1.807) is 10.9 Å². The molecule has 84 valence electrons. The summed E-state index contributed by atoms with van der Waals surface area (Å²) in [5.74, 6) is 0.760. The Morgan fingerprint density at radius 1 is 1.44 bits per heavy atom. The summed E-state index contributed by atoms with van der Waals surface area (Å²) in [5, 5.41) is 4.90. The molecule has 2 aromatic rings. The van der Waals surface area contributed by atoms with E-state index in [1.807, 2.05) is 25.3 Å². The minimum Gasteiger partial charge on any atom is -0.330 e. The lowest BCUT2D eigenvalue weighted by molar-refractivity contribution is 0.827. The lowest BCUT2D eigenvalue weighted by Crippen LogP contribution is -2.04. The smallest absolute Gasteiger partial charge is 0.153 e. The van der Waals surface area contributed by atoms with Gasteiger partial charge in [0.2, 0.25) is 0 Å². The van der Waals surface area contributed by atoms with Crippen molar-refractivity contribution < 1.29 is 0 Å². The van der Waals surface area contributed by atoms with Crippen molar-refractivity contribution in [3.8, 4) is 5.82 Å². The zero-order chi connectivity index (χ0) is 11.5. The molecule has 0 amide bonds. The summed E-state index contributed by atoms with van der Waals surface area (Å²) >= 11 is 5.93. The molecule has 0 bridgehead atoms. The third-order valence-corrected chi connectivity index (χ3v) is 2.69. The molecule has 0 aliphatic carbocycles. The van der Waals surface area contributed by atoms with Crippen LogP contribution in [0.5, 0.6) is 0 Å². The van der Waals surface area contributed by atoms with Crippen LogP contribution in [0.4, 0.5) is 0 Å². The van der Waals surface area contributed by atoms with Gasteiger partial charge in [0.25, 0.3) is 0 Å². The first-order valence-electron chi connectivity index (χ1n) is 5.08. The number of nitrogens with two attached hydrogens (primary N) is 1. The SMILES string of the molecule is Cc1nn(-c2ccc(CCN)cn2)cc1Cl. The van der Waals surface area contributed by atoms with Gasteiger partial charge in [-0.05, 0) is 31.5 Å². The van der Waals surface area contributed by atoms with Crippen LogP contribution < -0.4 is 5.73 Å². The summed E-state index contributed by atoms with van der Waals surface area (Å²) in [6.07, 6.45) is 4.40. The van der Waals surface area contributed by atoms with E-state index in [4.69, 9.17) is 17.3 Å². The van der Waals surface area contributed by atoms with Crippen LogP contribution in [0.15, 0.2) is 24.5 Å². The maximum absolute atomic E-state index is 5.93. The molecule has 0 saturated carbocycles. The van der Waals surface area contributed by atoms with Crippen molar-refractivity contribution >= 4 is 11.6 Å². The van der Waals surface area contributed by atoms with Crippen LogP contribution in [-0.2, 0) is 6.42 Å². The highest BCUT2D eigenvalue weighted by atomic mass is 35.5. The lowest BCUT2D eigenvalue weighted by Gasteiger charge is -2.01. The molecule has 0 radical (unpaired) electrons. The molecule has 2 N–H and O–H groups in total. The molecule has 0 fully saturated rings. The third kappa shape index (κ3) is 2.23. The van der Waals surface area contributed by atoms with Gasteiger partial charge in [0.05, 0.1) is 16.9 Å². The molecule has 0 aromatic carbocycles. The number of nitrogens with zero attached hydrogens (tertiary/aromatic N) is 3. The molecule has 0 atom stereocenters. The van der Waals surface area contributed by atoms with Crippen LogP contribution in [0.2, 0.25) is 5.02 Å². The van der Waals surface area contributed by atoms with Gasteiger partial charge >= 0.3 is 0 Å². The summed E-state index contributed by atoms with van der Waals surface area (Å²) in [6.45, 7) is 2.50. The molecule has 0 spiro atoms. The fraction of sp³-hybridized carbons (Fsp3) is 0.273. The van der Waals surface area contributed by atoms with Gasteiger partial charge in [0.1, 0.15) is 0 Å². The van der Waals surface area contributed by atoms with Crippen molar-refractivity contribution in [1.82, 2.24) is 14.8 Å². The Hall–Kier alpha value is -1.39. The molecular formula is C11H13ClN4. The number of aryl methyl sites for hydroxylation is 1. The number of rotatable bonds is 3. The highest BCUT2D eigenvalue weighted by molar-refractivity contribution is 6.31. The van der Waals surface area contributed by atoms with Gasteiger partial charge in [0, 0.05) is 6.20 Å². The largest absolute Gasteiger partial charge is 0.330 e. The third-order valence-electron chi connectivity index (χ3n) is 2.32. The molecule has 2 rings (SSSR count). The minimum absolute atomic E-state index is 0.633. The summed E-state index contributed by atoms with van der Waals surface area (Å²) in [7, 11) is 0. The molecule has 5 heteroatoms. The Labute approximate surface area is 99.1 Å². The monoisotopic (exact) mass is 236 g/mol. The molecule has 0 aliphatic heterocycles. The second-order valence-corrected chi connectivity index (χ2v) is 3.98. The molecule has 0 saturated heterocycles. The fourth-order valence-electron chi connectivity index (χ4n) is 1.42. The Morgan fingerprint density at radius 2 is 2.25 bits per heavy atom. The second-order valence-electron chi connectivity index (χ2n) is 3.57. The molecule has 2 aromatic heterocycles. The number of aromatic nitrogens is 3. The quantitative estimate of drug-likeness (QED) is 0.883. The highest BCUT2D eigenvalue weighted by Crippen LogP contribution is 2.15. The van der Waals surface area contributed by atoms with Crippen molar-refractivity contribution in [2.24, 2.45) is 5.73 Å². The van der Waals surface area contributed by atoms with Crippen LogP contribution in [0.25, 0.3) is 5.82 Å². The van der Waals surface area contributed by atoms with Gasteiger partial charge in [-0.1, -0.05) is 17.7 Å². The molecule has 0 unspecified atom stereocenters. The number of halogens is 1. The molecule has 16 heavy (non-hydrogen) atoms. The first-order valence-corrected chi connectivity index (χ1v) is 5.45. The van der Waals surface area contributed by atoms with Crippen LogP contribution in [-0.4, -0.2) is 21.3 Å². The Balaban J connectivity index is 2.27. The maximum atomic E-state index is 5.93. The average molecular weight is 237 g/mol. The van der Waals surface area contributed by atoms with Crippen LogP contribution in [0.3, 0.4) is 0 Å². The average Bonchev–Trinajstić information content (AvgIpc) is 2.61. The van der Waals surface area contributed by atoms with E-state index in [0.717, 1.165) is 23.5 Å². The van der Waals surface area contributed by atoms with E-state index >= 15 is 0 Å². The summed E-state index contributed by atoms with van der Waals surface area (Å²) in [4.78, 5) is 4.31. The normalized spacial score (nSPS) is 10.7. The second kappa shape index (κ2) is 4.63. The highest BCUT2D eigenvalue weighted by Gasteiger charge is 2.04. The van der Waals surface area contributed by atoms with E-state index in [0.29, 0.717) is 11.6 Å². The van der Waals surface area contributed by atoms with Crippen LogP contribution in [0, 0.1) is 6.92 Å². The summed E-state index contributed by atoms with van der Waals surface area (Å²) in [6, 6.07) is 3.91. The number of hydrogen-bond donors (Lipinski definition) is 1. The van der Waals surface area contributed by atoms with Crippen molar-refractivity contribution in [3.05, 3.63) is 40.8 Å². The van der Waals surface area contributed by atoms with Gasteiger partial charge in [0.15, 0.2) is 5.82 Å². The zero-order valence-corrected chi connectivity index (χ0v) is 9.78. The first kappa shape index (κ1) is 11.1. The Bertz CT molecular complexity index is 456. The van der Waals surface area contributed by atoms with Gasteiger partial charge in [-0.3, -0.25) is 0 Å². The fourth-order valence-corrected chi connectivity index (χ4v) is 1.55. The van der Waals surface area contributed by atoms with Crippen molar-refractivity contribution in [3.63, 3.8) is 0 Å². The van der Waals surface area contributed by atoms with E-state index in [-0.39, 0.29) is 0 Å². The number of hydrogen-bond acceptors (Lipinski definition) is 3. The topological polar surface area (TPSA) is 56.7 Å². The minimum atomic E-state index is 0.633. The van der Waals surface area contributed by atoms with Gasteiger partial charge in [-0.2, -0.15) is 5.10 Å².